The number of anilines is 1. The van der Waals surface area contributed by atoms with Crippen molar-refractivity contribution in [3.8, 4) is 5.75 Å². The van der Waals surface area contributed by atoms with E-state index in [1.54, 1.807) is 30.1 Å². The highest BCUT2D eigenvalue weighted by Crippen LogP contribution is 2.29. The van der Waals surface area contributed by atoms with Crippen molar-refractivity contribution in [3.63, 3.8) is 0 Å². The Kier molecular flexibility index (Phi) is 7.69. The number of aryl methyl sites for hydroxylation is 1. The zero-order chi connectivity index (χ0) is 24.9. The molecule has 3 N–H and O–H groups in total. The SMILES string of the molecule is COc1ccccc1C(NC(=O)[C@H](C)NS(=O)(=O)c1ccc(NC(C)=O)cc1)c1nccn1C. The second-order valence-electron chi connectivity index (χ2n) is 7.63. The monoisotopic (exact) mass is 485 g/mol. The molecule has 0 aliphatic rings. The van der Waals surface area contributed by atoms with Crippen LogP contribution in [0.15, 0.2) is 65.8 Å². The lowest BCUT2D eigenvalue weighted by molar-refractivity contribution is -0.123. The molecule has 0 fully saturated rings. The Morgan fingerprint density at radius 1 is 1.09 bits per heavy atom. The van der Waals surface area contributed by atoms with Crippen LogP contribution in [0.25, 0.3) is 0 Å². The van der Waals surface area contributed by atoms with Gasteiger partial charge in [0.25, 0.3) is 0 Å². The van der Waals surface area contributed by atoms with Crippen LogP contribution < -0.4 is 20.1 Å². The standard InChI is InChI=1S/C23H27N5O5S/c1-15(27-34(31,32)18-11-9-17(10-12-18)25-16(2)29)23(30)26-21(22-24-13-14-28(22)3)19-7-5-6-8-20(19)33-4/h5-15,21,27H,1-4H3,(H,25,29)(H,26,30)/t15-,21?/m0/s1. The normalized spacial score (nSPS) is 13.1. The molecular weight excluding hydrogens is 458 g/mol. The number of aromatic nitrogens is 2. The number of carbonyl (C=O) groups is 2. The summed E-state index contributed by atoms with van der Waals surface area (Å²) in [6, 6.07) is 11.1. The van der Waals surface area contributed by atoms with Gasteiger partial charge in [-0.05, 0) is 37.3 Å². The summed E-state index contributed by atoms with van der Waals surface area (Å²) in [5.41, 5.74) is 1.14. The molecule has 0 saturated heterocycles. The van der Waals surface area contributed by atoms with Crippen LogP contribution in [0.5, 0.6) is 5.75 Å². The number of amides is 2. The Morgan fingerprint density at radius 2 is 1.76 bits per heavy atom. The van der Waals surface area contributed by atoms with E-state index < -0.39 is 28.0 Å². The fraction of sp³-hybridized carbons (Fsp3) is 0.261. The number of methoxy groups -OCH3 is 1. The van der Waals surface area contributed by atoms with Gasteiger partial charge in [0.1, 0.15) is 17.6 Å². The molecule has 2 aromatic carbocycles. The van der Waals surface area contributed by atoms with Crippen molar-refractivity contribution >= 4 is 27.5 Å². The van der Waals surface area contributed by atoms with Gasteiger partial charge in [0.05, 0.1) is 18.0 Å². The number of para-hydroxylation sites is 1. The lowest BCUT2D eigenvalue weighted by Crippen LogP contribution is -2.46. The van der Waals surface area contributed by atoms with E-state index >= 15 is 0 Å². The maximum atomic E-state index is 13.1. The van der Waals surface area contributed by atoms with Crippen LogP contribution in [-0.2, 0) is 26.7 Å². The van der Waals surface area contributed by atoms with Gasteiger partial charge in [0, 0.05) is 37.6 Å². The van der Waals surface area contributed by atoms with Crippen molar-refractivity contribution in [1.29, 1.82) is 0 Å². The molecule has 34 heavy (non-hydrogen) atoms. The molecule has 1 heterocycles. The third kappa shape index (κ3) is 5.80. The summed E-state index contributed by atoms with van der Waals surface area (Å²) in [6.07, 6.45) is 3.36. The number of rotatable bonds is 9. The number of sulfonamides is 1. The molecule has 3 rings (SSSR count). The van der Waals surface area contributed by atoms with Gasteiger partial charge < -0.3 is 19.9 Å². The molecule has 10 nitrogen and oxygen atoms in total. The van der Waals surface area contributed by atoms with Gasteiger partial charge in [0.15, 0.2) is 0 Å². The van der Waals surface area contributed by atoms with E-state index in [0.717, 1.165) is 0 Å². The molecule has 0 aliphatic carbocycles. The fourth-order valence-corrected chi connectivity index (χ4v) is 4.59. The number of benzene rings is 2. The third-order valence-electron chi connectivity index (χ3n) is 5.06. The van der Waals surface area contributed by atoms with Crippen LogP contribution in [0.2, 0.25) is 0 Å². The molecule has 11 heteroatoms. The Balaban J connectivity index is 1.80. The van der Waals surface area contributed by atoms with E-state index in [1.807, 2.05) is 18.2 Å². The molecule has 0 aliphatic heterocycles. The summed E-state index contributed by atoms with van der Waals surface area (Å²) in [5.74, 6) is 0.304. The maximum Gasteiger partial charge on any atom is 0.241 e. The predicted octanol–water partition coefficient (Wildman–Crippen LogP) is 1.96. The van der Waals surface area contributed by atoms with Crippen molar-refractivity contribution in [3.05, 3.63) is 72.3 Å². The average molecular weight is 486 g/mol. The number of nitrogens with zero attached hydrogens (tertiary/aromatic N) is 2. The smallest absolute Gasteiger partial charge is 0.241 e. The van der Waals surface area contributed by atoms with Gasteiger partial charge in [-0.2, -0.15) is 4.72 Å². The molecule has 2 atom stereocenters. The maximum absolute atomic E-state index is 13.1. The number of carbonyl (C=O) groups excluding carboxylic acids is 2. The van der Waals surface area contributed by atoms with Crippen LogP contribution in [0.4, 0.5) is 5.69 Å². The van der Waals surface area contributed by atoms with E-state index in [1.165, 1.54) is 45.2 Å². The fourth-order valence-electron chi connectivity index (χ4n) is 3.38. The molecule has 0 bridgehead atoms. The minimum absolute atomic E-state index is 0.0355. The van der Waals surface area contributed by atoms with Crippen LogP contribution in [0, 0.1) is 0 Å². The highest BCUT2D eigenvalue weighted by atomic mass is 32.2. The number of nitrogens with one attached hydrogen (secondary N) is 3. The van der Waals surface area contributed by atoms with E-state index in [9.17, 15) is 18.0 Å². The minimum Gasteiger partial charge on any atom is -0.496 e. The zero-order valence-corrected chi connectivity index (χ0v) is 20.1. The molecule has 180 valence electrons. The Hall–Kier alpha value is -3.70. The molecular formula is C23H27N5O5S. The van der Waals surface area contributed by atoms with Crippen LogP contribution in [0.1, 0.15) is 31.3 Å². The molecule has 0 saturated carbocycles. The Bertz CT molecular complexity index is 1270. The molecule has 1 aromatic heterocycles. The number of hydrogen-bond acceptors (Lipinski definition) is 6. The van der Waals surface area contributed by atoms with E-state index in [4.69, 9.17) is 4.74 Å². The average Bonchev–Trinajstić information content (AvgIpc) is 3.22. The quantitative estimate of drug-likeness (QED) is 0.425. The second kappa shape index (κ2) is 10.5. The minimum atomic E-state index is -3.99. The van der Waals surface area contributed by atoms with Crippen LogP contribution >= 0.6 is 0 Å². The highest BCUT2D eigenvalue weighted by molar-refractivity contribution is 7.89. The lowest BCUT2D eigenvalue weighted by atomic mass is 10.0. The van der Waals surface area contributed by atoms with E-state index in [2.05, 4.69) is 20.3 Å². The zero-order valence-electron chi connectivity index (χ0n) is 19.3. The molecule has 3 aromatic rings. The molecule has 0 radical (unpaired) electrons. The molecule has 2 amide bonds. The van der Waals surface area contributed by atoms with E-state index in [-0.39, 0.29) is 10.8 Å². The van der Waals surface area contributed by atoms with Gasteiger partial charge in [-0.1, -0.05) is 18.2 Å². The summed E-state index contributed by atoms with van der Waals surface area (Å²) >= 11 is 0. The first kappa shape index (κ1) is 24.9. The lowest BCUT2D eigenvalue weighted by Gasteiger charge is -2.23. The molecule has 1 unspecified atom stereocenters. The Morgan fingerprint density at radius 3 is 2.35 bits per heavy atom. The van der Waals surface area contributed by atoms with Gasteiger partial charge in [0.2, 0.25) is 21.8 Å². The van der Waals surface area contributed by atoms with Crippen LogP contribution in [0.3, 0.4) is 0 Å². The highest BCUT2D eigenvalue weighted by Gasteiger charge is 2.28. The molecule has 0 spiro atoms. The van der Waals surface area contributed by atoms with Gasteiger partial charge in [-0.25, -0.2) is 13.4 Å². The van der Waals surface area contributed by atoms with Crippen LogP contribution in [-0.4, -0.2) is 42.9 Å². The summed E-state index contributed by atoms with van der Waals surface area (Å²) in [4.78, 5) is 28.5. The summed E-state index contributed by atoms with van der Waals surface area (Å²) < 4.78 is 35.2. The summed E-state index contributed by atoms with van der Waals surface area (Å²) in [7, 11) is -0.663. The first-order valence-corrected chi connectivity index (χ1v) is 11.9. The number of ether oxygens (including phenoxy) is 1. The number of hydrogen-bond donors (Lipinski definition) is 3. The third-order valence-corrected chi connectivity index (χ3v) is 6.62. The van der Waals surface area contributed by atoms with Gasteiger partial charge in [-0.3, -0.25) is 9.59 Å². The number of imidazole rings is 1. The van der Waals surface area contributed by atoms with Crippen molar-refractivity contribution in [2.45, 2.75) is 30.8 Å². The second-order valence-corrected chi connectivity index (χ2v) is 9.34. The first-order valence-electron chi connectivity index (χ1n) is 10.4. The van der Waals surface area contributed by atoms with Gasteiger partial charge in [-0.15, -0.1) is 0 Å². The predicted molar refractivity (Wildman–Crippen MR) is 127 cm³/mol. The largest absolute Gasteiger partial charge is 0.496 e. The summed E-state index contributed by atoms with van der Waals surface area (Å²) in [6.45, 7) is 2.81. The first-order chi connectivity index (χ1) is 16.1. The van der Waals surface area contributed by atoms with Crippen molar-refractivity contribution in [2.75, 3.05) is 12.4 Å². The Labute approximate surface area is 198 Å². The van der Waals surface area contributed by atoms with Crippen molar-refractivity contribution < 1.29 is 22.7 Å². The van der Waals surface area contributed by atoms with Gasteiger partial charge >= 0.3 is 0 Å². The van der Waals surface area contributed by atoms with Crippen molar-refractivity contribution in [2.24, 2.45) is 7.05 Å². The summed E-state index contributed by atoms with van der Waals surface area (Å²) in [5, 5.41) is 5.45. The topological polar surface area (TPSA) is 131 Å². The van der Waals surface area contributed by atoms with E-state index in [0.29, 0.717) is 22.8 Å². The van der Waals surface area contributed by atoms with Crippen molar-refractivity contribution in [1.82, 2.24) is 19.6 Å².